The summed E-state index contributed by atoms with van der Waals surface area (Å²) in [5, 5.41) is 12.3. The fourth-order valence-corrected chi connectivity index (χ4v) is 4.34. The van der Waals surface area contributed by atoms with Gasteiger partial charge < -0.3 is 24.8 Å². The van der Waals surface area contributed by atoms with E-state index < -0.39 is 17.8 Å². The number of amides is 2. The zero-order chi connectivity index (χ0) is 19.7. The Balaban J connectivity index is 1.35. The Bertz CT molecular complexity index is 795. The van der Waals surface area contributed by atoms with E-state index in [2.05, 4.69) is 5.32 Å². The second kappa shape index (κ2) is 7.69. The number of carbonyl (C=O) groups is 3. The van der Waals surface area contributed by atoms with Crippen molar-refractivity contribution in [3.05, 3.63) is 18.2 Å². The van der Waals surface area contributed by atoms with Crippen LogP contribution >= 0.6 is 0 Å². The van der Waals surface area contributed by atoms with Crippen LogP contribution in [0, 0.1) is 17.8 Å². The zero-order valence-corrected chi connectivity index (χ0v) is 15.6. The fourth-order valence-electron chi connectivity index (χ4n) is 4.34. The van der Waals surface area contributed by atoms with Crippen LogP contribution in [0.3, 0.4) is 0 Å². The molecular weight excluding hydrogens is 364 g/mol. The van der Waals surface area contributed by atoms with Crippen LogP contribution < -0.4 is 19.7 Å². The summed E-state index contributed by atoms with van der Waals surface area (Å²) in [6.07, 6.45) is 3.53. The minimum absolute atomic E-state index is 0.0442. The van der Waals surface area contributed by atoms with Gasteiger partial charge in [-0.15, -0.1) is 0 Å². The molecule has 0 radical (unpaired) electrons. The zero-order valence-electron chi connectivity index (χ0n) is 15.6. The van der Waals surface area contributed by atoms with Crippen molar-refractivity contribution in [2.75, 3.05) is 24.8 Å². The number of hydrogen-bond donors (Lipinski definition) is 2. The number of carboxylic acid groups (broad SMARTS) is 1. The number of benzene rings is 1. The maximum absolute atomic E-state index is 12.6. The molecule has 1 aliphatic carbocycles. The van der Waals surface area contributed by atoms with Crippen LogP contribution in [0.15, 0.2) is 18.2 Å². The van der Waals surface area contributed by atoms with Gasteiger partial charge in [0.05, 0.1) is 11.8 Å². The maximum Gasteiger partial charge on any atom is 0.306 e. The van der Waals surface area contributed by atoms with Crippen LogP contribution in [0.25, 0.3) is 0 Å². The van der Waals surface area contributed by atoms with Gasteiger partial charge in [0.1, 0.15) is 0 Å². The lowest BCUT2D eigenvalue weighted by Crippen LogP contribution is -2.40. The molecule has 2 aliphatic heterocycles. The molecule has 2 amide bonds. The molecule has 2 fully saturated rings. The van der Waals surface area contributed by atoms with Gasteiger partial charge in [-0.3, -0.25) is 14.4 Å². The van der Waals surface area contributed by atoms with Crippen molar-refractivity contribution in [1.82, 2.24) is 5.32 Å². The number of carbonyl (C=O) groups excluding carboxylic acids is 2. The van der Waals surface area contributed by atoms with Crippen LogP contribution in [-0.4, -0.2) is 42.8 Å². The molecule has 2 heterocycles. The van der Waals surface area contributed by atoms with Gasteiger partial charge in [-0.25, -0.2) is 0 Å². The van der Waals surface area contributed by atoms with Crippen LogP contribution in [0.1, 0.15) is 32.1 Å². The Labute approximate surface area is 162 Å². The van der Waals surface area contributed by atoms with Crippen molar-refractivity contribution in [2.45, 2.75) is 32.1 Å². The van der Waals surface area contributed by atoms with E-state index in [1.807, 2.05) is 0 Å². The highest BCUT2D eigenvalue weighted by Gasteiger charge is 2.37. The number of aliphatic carboxylic acids is 1. The van der Waals surface area contributed by atoms with Crippen LogP contribution in [0.5, 0.6) is 11.5 Å². The summed E-state index contributed by atoms with van der Waals surface area (Å²) in [6, 6.07) is 5.29. The monoisotopic (exact) mass is 388 g/mol. The molecule has 8 nitrogen and oxygen atoms in total. The summed E-state index contributed by atoms with van der Waals surface area (Å²) in [5.41, 5.74) is 0.683. The van der Waals surface area contributed by atoms with Crippen molar-refractivity contribution in [3.8, 4) is 11.5 Å². The number of ether oxygens (including phenoxy) is 2. The minimum Gasteiger partial charge on any atom is -0.481 e. The Morgan fingerprint density at radius 1 is 1.18 bits per heavy atom. The van der Waals surface area contributed by atoms with E-state index in [0.717, 1.165) is 19.3 Å². The molecule has 1 saturated carbocycles. The lowest BCUT2D eigenvalue weighted by molar-refractivity contribution is -0.145. The Kier molecular flexibility index (Phi) is 5.11. The van der Waals surface area contributed by atoms with E-state index in [-0.39, 0.29) is 30.9 Å². The molecule has 3 aliphatic rings. The van der Waals surface area contributed by atoms with Crippen LogP contribution in [-0.2, 0) is 14.4 Å². The second-order valence-electron chi connectivity index (χ2n) is 7.68. The number of nitrogens with one attached hydrogen (secondary N) is 1. The first-order valence-corrected chi connectivity index (χ1v) is 9.73. The standard InChI is InChI=1S/C20H24N2O6/c23-18-7-13(10-22(18)14-5-6-16-17(8-14)28-11-27-16)19(24)21-9-12-3-1-2-4-15(12)20(25)26/h5-6,8,12-13,15H,1-4,7,9-11H2,(H,21,24)(H,25,26)/t12-,13?,15-/m0/s1. The van der Waals surface area contributed by atoms with Crippen molar-refractivity contribution in [3.63, 3.8) is 0 Å². The fraction of sp³-hybridized carbons (Fsp3) is 0.550. The molecule has 4 rings (SSSR count). The van der Waals surface area contributed by atoms with Gasteiger partial charge >= 0.3 is 5.97 Å². The maximum atomic E-state index is 12.6. The third-order valence-corrected chi connectivity index (χ3v) is 5.93. The summed E-state index contributed by atoms with van der Waals surface area (Å²) in [7, 11) is 0. The highest BCUT2D eigenvalue weighted by Crippen LogP contribution is 2.37. The predicted octanol–water partition coefficient (Wildman–Crippen LogP) is 1.78. The third-order valence-electron chi connectivity index (χ3n) is 5.93. The first kappa shape index (κ1) is 18.6. The van der Waals surface area contributed by atoms with Gasteiger partial charge in [-0.05, 0) is 30.9 Å². The predicted molar refractivity (Wildman–Crippen MR) is 99.1 cm³/mol. The lowest BCUT2D eigenvalue weighted by atomic mass is 9.79. The largest absolute Gasteiger partial charge is 0.481 e. The summed E-state index contributed by atoms with van der Waals surface area (Å²) < 4.78 is 10.6. The molecule has 150 valence electrons. The van der Waals surface area contributed by atoms with Gasteiger partial charge in [0.2, 0.25) is 18.6 Å². The van der Waals surface area contributed by atoms with Gasteiger partial charge in [0, 0.05) is 31.3 Å². The molecule has 0 bridgehead atoms. The van der Waals surface area contributed by atoms with Crippen molar-refractivity contribution in [1.29, 1.82) is 0 Å². The van der Waals surface area contributed by atoms with E-state index in [9.17, 15) is 19.5 Å². The molecule has 1 saturated heterocycles. The van der Waals surface area contributed by atoms with Gasteiger partial charge in [0.25, 0.3) is 0 Å². The number of fused-ring (bicyclic) bond motifs is 1. The quantitative estimate of drug-likeness (QED) is 0.797. The summed E-state index contributed by atoms with van der Waals surface area (Å²) >= 11 is 0. The van der Waals surface area contributed by atoms with E-state index in [1.54, 1.807) is 23.1 Å². The molecule has 0 aromatic heterocycles. The minimum atomic E-state index is -0.788. The van der Waals surface area contributed by atoms with E-state index >= 15 is 0 Å². The van der Waals surface area contributed by atoms with E-state index in [0.29, 0.717) is 36.7 Å². The molecule has 0 spiro atoms. The number of carboxylic acids is 1. The smallest absolute Gasteiger partial charge is 0.306 e. The average Bonchev–Trinajstić information content (AvgIpc) is 3.32. The number of anilines is 1. The van der Waals surface area contributed by atoms with Gasteiger partial charge in [0.15, 0.2) is 11.5 Å². The van der Waals surface area contributed by atoms with E-state index in [4.69, 9.17) is 9.47 Å². The molecule has 28 heavy (non-hydrogen) atoms. The number of hydrogen-bond acceptors (Lipinski definition) is 5. The average molecular weight is 388 g/mol. The summed E-state index contributed by atoms with van der Waals surface area (Å²) in [4.78, 5) is 38.0. The second-order valence-corrected chi connectivity index (χ2v) is 7.68. The van der Waals surface area contributed by atoms with Crippen molar-refractivity contribution in [2.24, 2.45) is 17.8 Å². The number of rotatable bonds is 5. The van der Waals surface area contributed by atoms with Crippen molar-refractivity contribution < 1.29 is 29.0 Å². The Morgan fingerprint density at radius 3 is 2.79 bits per heavy atom. The third kappa shape index (κ3) is 3.63. The molecule has 3 atom stereocenters. The molecular formula is C20H24N2O6. The lowest BCUT2D eigenvalue weighted by Gasteiger charge is -2.28. The van der Waals surface area contributed by atoms with Crippen LogP contribution in [0.4, 0.5) is 5.69 Å². The first-order chi connectivity index (χ1) is 13.5. The first-order valence-electron chi connectivity index (χ1n) is 9.73. The van der Waals surface area contributed by atoms with Gasteiger partial charge in [-0.2, -0.15) is 0 Å². The normalized spacial score (nSPS) is 26.4. The highest BCUT2D eigenvalue weighted by atomic mass is 16.7. The van der Waals surface area contributed by atoms with Crippen LogP contribution in [0.2, 0.25) is 0 Å². The SMILES string of the molecule is O=C(NC[C@@H]1CCCC[C@@H]1C(=O)O)C1CC(=O)N(c2ccc3c(c2)OCO3)C1. The molecule has 1 unspecified atom stereocenters. The molecule has 1 aromatic rings. The Hall–Kier alpha value is -2.77. The number of nitrogens with zero attached hydrogens (tertiary/aromatic N) is 1. The Morgan fingerprint density at radius 2 is 1.96 bits per heavy atom. The van der Waals surface area contributed by atoms with Gasteiger partial charge in [-0.1, -0.05) is 12.8 Å². The molecule has 1 aromatic carbocycles. The van der Waals surface area contributed by atoms with Crippen molar-refractivity contribution >= 4 is 23.5 Å². The van der Waals surface area contributed by atoms with E-state index in [1.165, 1.54) is 0 Å². The molecule has 8 heteroatoms. The highest BCUT2D eigenvalue weighted by molar-refractivity contribution is 6.00. The topological polar surface area (TPSA) is 105 Å². The summed E-state index contributed by atoms with van der Waals surface area (Å²) in [6.45, 7) is 0.818. The molecule has 2 N–H and O–H groups in total. The summed E-state index contributed by atoms with van der Waals surface area (Å²) in [5.74, 6) is -0.734.